The third kappa shape index (κ3) is 0.973. The van der Waals surface area contributed by atoms with Gasteiger partial charge in [-0.3, -0.25) is 10.0 Å². The number of carbonyl (C=O) groups is 1. The van der Waals surface area contributed by atoms with E-state index < -0.39 is 0 Å². The Labute approximate surface area is 81.5 Å². The predicted octanol–water partition coefficient (Wildman–Crippen LogP) is 0.298. The van der Waals surface area contributed by atoms with Crippen molar-refractivity contribution in [3.05, 3.63) is 5.21 Å². The maximum absolute atomic E-state index is 11.4. The summed E-state index contributed by atoms with van der Waals surface area (Å²) in [6, 6.07) is 0. The van der Waals surface area contributed by atoms with Crippen LogP contribution in [-0.4, -0.2) is 30.5 Å². The highest BCUT2D eigenvalue weighted by atomic mass is 16.9. The Morgan fingerprint density at radius 1 is 1.57 bits per heavy atom. The number of hydrogen-bond acceptors (Lipinski definition) is 5. The van der Waals surface area contributed by atoms with Crippen molar-refractivity contribution in [1.29, 1.82) is 0 Å². The molecule has 5 heteroatoms. The molecule has 0 radical (unpaired) electrons. The average Bonchev–Trinajstić information content (AvgIpc) is 2.67. The van der Waals surface area contributed by atoms with Gasteiger partial charge in [-0.2, -0.15) is 0 Å². The van der Waals surface area contributed by atoms with Crippen LogP contribution in [0.3, 0.4) is 0 Å². The molecule has 5 unspecified atom stereocenters. The maximum atomic E-state index is 11.4. The monoisotopic (exact) mass is 198 g/mol. The molecule has 0 amide bonds. The zero-order chi connectivity index (χ0) is 9.87. The summed E-state index contributed by atoms with van der Waals surface area (Å²) in [7, 11) is 1.32. The Bertz CT molecular complexity index is 280. The van der Waals surface area contributed by atoms with Crippen molar-refractivity contribution in [2.45, 2.75) is 25.0 Å². The highest BCUT2D eigenvalue weighted by molar-refractivity contribution is 5.76. The van der Waals surface area contributed by atoms with Crippen LogP contribution in [-0.2, 0) is 14.4 Å². The first-order valence-corrected chi connectivity index (χ1v) is 4.95. The van der Waals surface area contributed by atoms with E-state index in [0.29, 0.717) is 17.1 Å². The van der Waals surface area contributed by atoms with E-state index in [2.05, 4.69) is 0 Å². The molecule has 0 N–H and O–H groups in total. The quantitative estimate of drug-likeness (QED) is 0.471. The molecule has 78 valence electrons. The number of fused-ring (bicyclic) bond motifs is 1. The fraction of sp³-hybridized carbons (Fsp3) is 0.889. The number of ether oxygens (including phenoxy) is 1. The van der Waals surface area contributed by atoms with Gasteiger partial charge in [0.25, 0.3) is 0 Å². The van der Waals surface area contributed by atoms with Crippen LogP contribution in [0, 0.1) is 23.0 Å². The van der Waals surface area contributed by atoms with Crippen molar-refractivity contribution in [1.82, 2.24) is 5.23 Å². The average molecular weight is 198 g/mol. The van der Waals surface area contributed by atoms with Crippen LogP contribution in [0.15, 0.2) is 0 Å². The van der Waals surface area contributed by atoms with E-state index in [9.17, 15) is 10.0 Å². The summed E-state index contributed by atoms with van der Waals surface area (Å²) in [5, 5.41) is 11.3. The third-order valence-corrected chi connectivity index (χ3v) is 3.68. The lowest BCUT2D eigenvalue weighted by Crippen LogP contribution is -2.37. The van der Waals surface area contributed by atoms with Gasteiger partial charge in [-0.05, 0) is 25.8 Å². The fourth-order valence-corrected chi connectivity index (χ4v) is 3.22. The van der Waals surface area contributed by atoms with Gasteiger partial charge in [0.05, 0.1) is 5.92 Å². The number of carbonyl (C=O) groups excluding carboxylic acids is 1. The molecule has 2 bridgehead atoms. The molecule has 1 saturated heterocycles. The number of esters is 1. The normalized spacial score (nSPS) is 49.1. The highest BCUT2D eigenvalue weighted by Gasteiger charge is 2.62. The molecule has 5 atom stereocenters. The van der Waals surface area contributed by atoms with Crippen LogP contribution in [0.2, 0.25) is 0 Å². The van der Waals surface area contributed by atoms with Gasteiger partial charge < -0.3 is 14.8 Å². The second-order valence-corrected chi connectivity index (χ2v) is 4.41. The third-order valence-electron chi connectivity index (χ3n) is 3.68. The number of hydroxylamine groups is 2. The lowest BCUT2D eigenvalue weighted by atomic mass is 9.88. The van der Waals surface area contributed by atoms with E-state index in [4.69, 9.17) is 9.57 Å². The summed E-state index contributed by atoms with van der Waals surface area (Å²) in [5.41, 5.74) is 0. The molecule has 0 aromatic heterocycles. The van der Waals surface area contributed by atoms with E-state index in [1.807, 2.05) is 0 Å². The smallest absolute Gasteiger partial charge is 0.309 e. The zero-order valence-corrected chi connectivity index (χ0v) is 7.88. The zero-order valence-electron chi connectivity index (χ0n) is 7.88. The molecule has 2 aliphatic carbocycles. The number of hydrogen-bond donors (Lipinski definition) is 0. The maximum Gasteiger partial charge on any atom is 0.309 e. The second-order valence-electron chi connectivity index (χ2n) is 4.41. The Morgan fingerprint density at radius 2 is 2.36 bits per heavy atom. The summed E-state index contributed by atoms with van der Waals surface area (Å²) in [5.74, 6) is 0.624. The van der Waals surface area contributed by atoms with Gasteiger partial charge in [0.1, 0.15) is 12.2 Å². The first-order valence-electron chi connectivity index (χ1n) is 4.95. The van der Waals surface area contributed by atoms with Crippen molar-refractivity contribution in [3.8, 4) is 0 Å². The second kappa shape index (κ2) is 2.68. The minimum Gasteiger partial charge on any atom is -0.762 e. The largest absolute Gasteiger partial charge is 0.762 e. The van der Waals surface area contributed by atoms with Crippen LogP contribution in [0.4, 0.5) is 0 Å². The topological polar surface area (TPSA) is 61.8 Å². The van der Waals surface area contributed by atoms with Crippen molar-refractivity contribution in [2.24, 2.45) is 17.8 Å². The molecule has 1 aliphatic heterocycles. The lowest BCUT2D eigenvalue weighted by molar-refractivity contribution is -0.193. The van der Waals surface area contributed by atoms with Crippen LogP contribution in [0.25, 0.3) is 0 Å². The van der Waals surface area contributed by atoms with Gasteiger partial charge in [0.15, 0.2) is 0 Å². The van der Waals surface area contributed by atoms with Gasteiger partial charge in [0.2, 0.25) is 0 Å². The SMILES string of the molecule is CN([O-])OC1C2CC3C(=O)OC1C3C2. The molecular formula is C9H12NO4-. The predicted molar refractivity (Wildman–Crippen MR) is 45.6 cm³/mol. The molecular weight excluding hydrogens is 186 g/mol. The van der Waals surface area contributed by atoms with Crippen molar-refractivity contribution in [3.63, 3.8) is 0 Å². The molecule has 14 heavy (non-hydrogen) atoms. The molecule has 2 saturated carbocycles. The van der Waals surface area contributed by atoms with E-state index in [-0.39, 0.29) is 24.1 Å². The summed E-state index contributed by atoms with van der Waals surface area (Å²) < 4.78 is 5.22. The first kappa shape index (κ1) is 8.64. The van der Waals surface area contributed by atoms with Gasteiger partial charge in [-0.15, -0.1) is 0 Å². The summed E-state index contributed by atoms with van der Waals surface area (Å²) in [6.45, 7) is 0. The van der Waals surface area contributed by atoms with Gasteiger partial charge in [0, 0.05) is 5.92 Å². The Balaban J connectivity index is 1.82. The van der Waals surface area contributed by atoms with Gasteiger partial charge in [-0.1, -0.05) is 0 Å². The summed E-state index contributed by atoms with van der Waals surface area (Å²) >= 11 is 0. The Hall–Kier alpha value is -0.650. The van der Waals surface area contributed by atoms with E-state index >= 15 is 0 Å². The fourth-order valence-electron chi connectivity index (χ4n) is 3.22. The molecule has 5 nitrogen and oxygen atoms in total. The van der Waals surface area contributed by atoms with Crippen molar-refractivity contribution >= 4 is 5.97 Å². The summed E-state index contributed by atoms with van der Waals surface area (Å²) in [4.78, 5) is 16.5. The summed E-state index contributed by atoms with van der Waals surface area (Å²) in [6.07, 6.45) is 1.44. The standard InChI is InChI=1S/C9H12NO4/c1-10(12)14-7-4-2-5-6(3-4)9(11)13-8(5)7/h4-8H,2-3H2,1H3/q-1. The van der Waals surface area contributed by atoms with Gasteiger partial charge in [-0.25, -0.2) is 0 Å². The number of nitrogens with zero attached hydrogens (tertiary/aromatic N) is 1. The molecule has 3 rings (SSSR count). The van der Waals surface area contributed by atoms with Crippen molar-refractivity contribution in [2.75, 3.05) is 7.05 Å². The van der Waals surface area contributed by atoms with Gasteiger partial charge >= 0.3 is 5.97 Å². The molecule has 0 spiro atoms. The lowest BCUT2D eigenvalue weighted by Gasteiger charge is -2.32. The molecule has 1 heterocycles. The molecule has 0 aromatic rings. The minimum atomic E-state index is -0.204. The van der Waals surface area contributed by atoms with E-state index in [1.54, 1.807) is 0 Å². The van der Waals surface area contributed by atoms with Crippen LogP contribution in [0.5, 0.6) is 0 Å². The van der Waals surface area contributed by atoms with Crippen LogP contribution >= 0.6 is 0 Å². The van der Waals surface area contributed by atoms with Crippen LogP contribution in [0.1, 0.15) is 12.8 Å². The molecule has 0 aromatic carbocycles. The van der Waals surface area contributed by atoms with Crippen LogP contribution < -0.4 is 0 Å². The number of rotatable bonds is 2. The Morgan fingerprint density at radius 3 is 3.07 bits per heavy atom. The van der Waals surface area contributed by atoms with Crippen molar-refractivity contribution < 1.29 is 14.4 Å². The first-order chi connectivity index (χ1) is 6.66. The van der Waals surface area contributed by atoms with E-state index in [1.165, 1.54) is 7.05 Å². The Kier molecular flexibility index (Phi) is 1.66. The highest BCUT2D eigenvalue weighted by Crippen LogP contribution is 2.55. The molecule has 3 fully saturated rings. The van der Waals surface area contributed by atoms with E-state index in [0.717, 1.165) is 12.8 Å². The minimum absolute atomic E-state index is 0.0850. The molecule has 3 aliphatic rings.